The van der Waals surface area contributed by atoms with E-state index in [1.807, 2.05) is 26.8 Å². The normalized spacial score (nSPS) is 23.5. The van der Waals surface area contributed by atoms with Crippen LogP contribution in [0.5, 0.6) is 0 Å². The summed E-state index contributed by atoms with van der Waals surface area (Å²) in [6.07, 6.45) is 2.85. The first-order chi connectivity index (χ1) is 9.64. The van der Waals surface area contributed by atoms with Crippen LogP contribution < -0.4 is 0 Å². The maximum Gasteiger partial charge on any atom is 0.311 e. The lowest BCUT2D eigenvalue weighted by molar-refractivity contribution is -0.156. The van der Waals surface area contributed by atoms with Gasteiger partial charge in [0.15, 0.2) is 0 Å². The molecule has 1 atom stereocenters. The van der Waals surface area contributed by atoms with E-state index in [0.717, 1.165) is 6.42 Å². The fraction of sp³-hybridized carbons (Fsp3) is 0.526. The minimum absolute atomic E-state index is 0.0937. The van der Waals surface area contributed by atoms with Crippen molar-refractivity contribution < 1.29 is 9.53 Å². The standard InChI is InChI=1S/C19H26O2/c1-7-19(13-21-16(20)17(2,3)4)12-14-10-8-9-11-15(14)18(19,5)6/h7-11H,1,12-13H2,2-6H3. The van der Waals surface area contributed by atoms with E-state index in [9.17, 15) is 4.79 Å². The van der Waals surface area contributed by atoms with E-state index in [1.54, 1.807) is 0 Å². The number of benzene rings is 1. The topological polar surface area (TPSA) is 26.3 Å². The van der Waals surface area contributed by atoms with E-state index >= 15 is 0 Å². The number of hydrogen-bond donors (Lipinski definition) is 0. The van der Waals surface area contributed by atoms with Gasteiger partial charge in [0.25, 0.3) is 0 Å². The number of carbonyl (C=O) groups is 1. The summed E-state index contributed by atoms with van der Waals surface area (Å²) in [5.74, 6) is -0.157. The van der Waals surface area contributed by atoms with Crippen molar-refractivity contribution in [1.29, 1.82) is 0 Å². The Morgan fingerprint density at radius 2 is 1.95 bits per heavy atom. The van der Waals surface area contributed by atoms with Gasteiger partial charge in [-0.15, -0.1) is 6.58 Å². The molecule has 0 aliphatic heterocycles. The molecule has 1 aliphatic rings. The largest absolute Gasteiger partial charge is 0.464 e. The van der Waals surface area contributed by atoms with Gasteiger partial charge in [-0.25, -0.2) is 0 Å². The Hall–Kier alpha value is -1.57. The van der Waals surface area contributed by atoms with Crippen molar-refractivity contribution in [1.82, 2.24) is 0 Å². The van der Waals surface area contributed by atoms with Crippen LogP contribution in [0.2, 0.25) is 0 Å². The molecule has 2 nitrogen and oxygen atoms in total. The van der Waals surface area contributed by atoms with Crippen molar-refractivity contribution in [2.45, 2.75) is 46.5 Å². The molecule has 114 valence electrons. The lowest BCUT2D eigenvalue weighted by Crippen LogP contribution is -2.42. The van der Waals surface area contributed by atoms with Gasteiger partial charge in [-0.05, 0) is 38.3 Å². The highest BCUT2D eigenvalue weighted by Gasteiger charge is 2.51. The van der Waals surface area contributed by atoms with Crippen LogP contribution in [0, 0.1) is 10.8 Å². The zero-order valence-corrected chi connectivity index (χ0v) is 13.8. The monoisotopic (exact) mass is 286 g/mol. The summed E-state index contributed by atoms with van der Waals surface area (Å²) < 4.78 is 5.64. The zero-order chi connectivity index (χ0) is 15.9. The number of carbonyl (C=O) groups excluding carboxylic acids is 1. The van der Waals surface area contributed by atoms with Crippen molar-refractivity contribution in [3.05, 3.63) is 48.0 Å². The molecule has 0 heterocycles. The maximum absolute atomic E-state index is 12.1. The summed E-state index contributed by atoms with van der Waals surface area (Å²) in [6.45, 7) is 14.5. The summed E-state index contributed by atoms with van der Waals surface area (Å²) in [5.41, 5.74) is 1.85. The molecule has 1 aliphatic carbocycles. The van der Waals surface area contributed by atoms with Gasteiger partial charge in [-0.2, -0.15) is 0 Å². The molecule has 0 aromatic heterocycles. The number of rotatable bonds is 3. The number of ether oxygens (including phenoxy) is 1. The predicted octanol–water partition coefficient (Wildman–Crippen LogP) is 4.28. The Morgan fingerprint density at radius 1 is 1.33 bits per heavy atom. The van der Waals surface area contributed by atoms with Gasteiger partial charge in [0.05, 0.1) is 5.41 Å². The Balaban J connectivity index is 2.28. The second-order valence-corrected chi connectivity index (χ2v) is 7.65. The van der Waals surface area contributed by atoms with E-state index in [-0.39, 0.29) is 16.8 Å². The first-order valence-electron chi connectivity index (χ1n) is 7.53. The number of esters is 1. The van der Waals surface area contributed by atoms with E-state index in [4.69, 9.17) is 4.74 Å². The van der Waals surface area contributed by atoms with Crippen LogP contribution in [0.3, 0.4) is 0 Å². The fourth-order valence-corrected chi connectivity index (χ4v) is 3.14. The molecule has 0 saturated carbocycles. The summed E-state index contributed by atoms with van der Waals surface area (Å²) in [7, 11) is 0. The van der Waals surface area contributed by atoms with Crippen LogP contribution in [0.4, 0.5) is 0 Å². The molecule has 0 spiro atoms. The van der Waals surface area contributed by atoms with E-state index < -0.39 is 5.41 Å². The molecule has 1 unspecified atom stereocenters. The van der Waals surface area contributed by atoms with E-state index in [1.165, 1.54) is 11.1 Å². The van der Waals surface area contributed by atoms with Gasteiger partial charge in [-0.1, -0.05) is 44.2 Å². The van der Waals surface area contributed by atoms with Crippen LogP contribution in [0.1, 0.15) is 45.7 Å². The summed E-state index contributed by atoms with van der Waals surface area (Å²) in [5, 5.41) is 0. The van der Waals surface area contributed by atoms with Crippen LogP contribution in [0.25, 0.3) is 0 Å². The predicted molar refractivity (Wildman–Crippen MR) is 86.2 cm³/mol. The van der Waals surface area contributed by atoms with Gasteiger partial charge < -0.3 is 4.74 Å². The Morgan fingerprint density at radius 3 is 2.48 bits per heavy atom. The van der Waals surface area contributed by atoms with Crippen molar-refractivity contribution in [3.8, 4) is 0 Å². The number of hydrogen-bond acceptors (Lipinski definition) is 2. The average Bonchev–Trinajstić information content (AvgIpc) is 2.64. The highest BCUT2D eigenvalue weighted by Crippen LogP contribution is 2.52. The Bertz CT molecular complexity index is 563. The molecule has 2 heteroatoms. The molecule has 1 aromatic carbocycles. The van der Waals surface area contributed by atoms with Crippen LogP contribution in [-0.4, -0.2) is 12.6 Å². The Kier molecular flexibility index (Phi) is 3.77. The maximum atomic E-state index is 12.1. The van der Waals surface area contributed by atoms with Gasteiger partial charge in [-0.3, -0.25) is 4.79 Å². The Labute approximate surface area is 128 Å². The lowest BCUT2D eigenvalue weighted by Gasteiger charge is -2.39. The molecule has 0 amide bonds. The van der Waals surface area contributed by atoms with Crippen LogP contribution in [0.15, 0.2) is 36.9 Å². The second-order valence-electron chi connectivity index (χ2n) is 7.65. The molecule has 0 N–H and O–H groups in total. The molecule has 2 rings (SSSR count). The van der Waals surface area contributed by atoms with Crippen LogP contribution in [-0.2, 0) is 21.4 Å². The van der Waals surface area contributed by atoms with Crippen molar-refractivity contribution >= 4 is 5.97 Å². The summed E-state index contributed by atoms with van der Waals surface area (Å²) in [4.78, 5) is 12.1. The lowest BCUT2D eigenvalue weighted by atomic mass is 9.66. The summed E-state index contributed by atoms with van der Waals surface area (Å²) >= 11 is 0. The third-order valence-electron chi connectivity index (χ3n) is 4.91. The zero-order valence-electron chi connectivity index (χ0n) is 13.8. The van der Waals surface area contributed by atoms with Crippen LogP contribution >= 0.6 is 0 Å². The molecular formula is C19H26O2. The SMILES string of the molecule is C=CC1(COC(=O)C(C)(C)C)Cc2ccccc2C1(C)C. The molecule has 0 saturated heterocycles. The third-order valence-corrected chi connectivity index (χ3v) is 4.91. The number of fused-ring (bicyclic) bond motifs is 1. The molecule has 21 heavy (non-hydrogen) atoms. The van der Waals surface area contributed by atoms with E-state index in [0.29, 0.717) is 6.61 Å². The first kappa shape index (κ1) is 15.8. The average molecular weight is 286 g/mol. The smallest absolute Gasteiger partial charge is 0.311 e. The van der Waals surface area contributed by atoms with Gasteiger partial charge >= 0.3 is 5.97 Å². The fourth-order valence-electron chi connectivity index (χ4n) is 3.14. The highest BCUT2D eigenvalue weighted by atomic mass is 16.5. The van der Waals surface area contributed by atoms with Gasteiger partial charge in [0.2, 0.25) is 0 Å². The van der Waals surface area contributed by atoms with Crippen molar-refractivity contribution in [3.63, 3.8) is 0 Å². The molecular weight excluding hydrogens is 260 g/mol. The highest BCUT2D eigenvalue weighted by molar-refractivity contribution is 5.75. The molecule has 1 aromatic rings. The van der Waals surface area contributed by atoms with Crippen molar-refractivity contribution in [2.75, 3.05) is 6.61 Å². The molecule has 0 radical (unpaired) electrons. The van der Waals surface area contributed by atoms with Gasteiger partial charge in [0.1, 0.15) is 6.61 Å². The summed E-state index contributed by atoms with van der Waals surface area (Å²) in [6, 6.07) is 8.47. The van der Waals surface area contributed by atoms with Crippen molar-refractivity contribution in [2.24, 2.45) is 10.8 Å². The quantitative estimate of drug-likeness (QED) is 0.612. The second kappa shape index (κ2) is 5.01. The minimum atomic E-state index is -0.474. The van der Waals surface area contributed by atoms with Gasteiger partial charge in [0, 0.05) is 10.8 Å². The molecule has 0 bridgehead atoms. The minimum Gasteiger partial charge on any atom is -0.464 e. The first-order valence-corrected chi connectivity index (χ1v) is 7.53. The third kappa shape index (κ3) is 2.52. The molecule has 0 fully saturated rings. The van der Waals surface area contributed by atoms with E-state index in [2.05, 4.69) is 44.7 Å².